The van der Waals surface area contributed by atoms with E-state index in [1.54, 1.807) is 48.6 Å². The second kappa shape index (κ2) is 7.32. The first-order valence-electron chi connectivity index (χ1n) is 6.49. The first kappa shape index (κ1) is 18.4. The summed E-state index contributed by atoms with van der Waals surface area (Å²) in [7, 11) is -10.1. The van der Waals surface area contributed by atoms with Gasteiger partial charge in [-0.2, -0.15) is 4.31 Å². The summed E-state index contributed by atoms with van der Waals surface area (Å²) in [6.45, 7) is 0. The maximum atomic E-state index is 11.4. The first-order chi connectivity index (χ1) is 11.1. The van der Waals surface area contributed by atoms with E-state index < -0.39 is 15.6 Å². The number of phosphoric acid groups is 2. The van der Waals surface area contributed by atoms with Gasteiger partial charge in [0.2, 0.25) is 0 Å². The molecule has 10 heteroatoms. The molecule has 0 spiro atoms. The van der Waals surface area contributed by atoms with Crippen molar-refractivity contribution in [2.75, 3.05) is 0 Å². The summed E-state index contributed by atoms with van der Waals surface area (Å²) in [4.78, 5) is 26.3. The number of phenols is 1. The van der Waals surface area contributed by atoms with Gasteiger partial charge in [-0.1, -0.05) is 36.4 Å². The predicted octanol–water partition coefficient (Wildman–Crippen LogP) is 3.15. The van der Waals surface area contributed by atoms with E-state index in [0.717, 1.165) is 11.1 Å². The van der Waals surface area contributed by atoms with Crippen LogP contribution in [0.15, 0.2) is 48.5 Å². The summed E-state index contributed by atoms with van der Waals surface area (Å²) in [6, 6.07) is 12.4. The monoisotopic (exact) mass is 372 g/mol. The highest BCUT2D eigenvalue weighted by molar-refractivity contribution is 7.60. The van der Waals surface area contributed by atoms with Crippen LogP contribution in [0.1, 0.15) is 11.1 Å². The first-order valence-corrected chi connectivity index (χ1v) is 9.52. The Hall–Kier alpha value is -1.92. The molecule has 0 aliphatic carbocycles. The van der Waals surface area contributed by atoms with Crippen molar-refractivity contribution in [3.63, 3.8) is 0 Å². The van der Waals surface area contributed by atoms with Crippen LogP contribution in [0.5, 0.6) is 11.5 Å². The largest absolute Gasteiger partial charge is 0.536 e. The lowest BCUT2D eigenvalue weighted by molar-refractivity contribution is 0.229. The summed E-state index contributed by atoms with van der Waals surface area (Å²) in [6.07, 6.45) is 3.56. The standard InChI is InChI=1S/C14H14O8P2/c15-13-7-3-11(4-8-13)1-2-12-5-9-14(10-6-12)21-24(19,20)22-23(16,17)18/h1-10,15H,(H,19,20)(H2,16,17,18). The van der Waals surface area contributed by atoms with Gasteiger partial charge in [0.1, 0.15) is 11.5 Å². The van der Waals surface area contributed by atoms with Gasteiger partial charge in [0.25, 0.3) is 0 Å². The van der Waals surface area contributed by atoms with Crippen LogP contribution in [0.25, 0.3) is 12.2 Å². The van der Waals surface area contributed by atoms with Gasteiger partial charge in [-0.25, -0.2) is 9.13 Å². The van der Waals surface area contributed by atoms with Crippen molar-refractivity contribution in [1.82, 2.24) is 0 Å². The van der Waals surface area contributed by atoms with Crippen molar-refractivity contribution in [3.8, 4) is 11.5 Å². The predicted molar refractivity (Wildman–Crippen MR) is 87.1 cm³/mol. The Morgan fingerprint density at radius 1 is 0.792 bits per heavy atom. The molecule has 0 aliphatic heterocycles. The third-order valence-electron chi connectivity index (χ3n) is 2.67. The fourth-order valence-corrected chi connectivity index (χ4v) is 3.30. The molecule has 0 saturated carbocycles. The van der Waals surface area contributed by atoms with E-state index in [2.05, 4.69) is 8.83 Å². The molecule has 0 heterocycles. The van der Waals surface area contributed by atoms with Crippen LogP contribution in [0.3, 0.4) is 0 Å². The van der Waals surface area contributed by atoms with Gasteiger partial charge < -0.3 is 19.4 Å². The molecule has 0 radical (unpaired) electrons. The quantitative estimate of drug-likeness (QED) is 0.449. The lowest BCUT2D eigenvalue weighted by Gasteiger charge is -2.13. The lowest BCUT2D eigenvalue weighted by atomic mass is 10.1. The average Bonchev–Trinajstić information content (AvgIpc) is 2.45. The van der Waals surface area contributed by atoms with Gasteiger partial charge in [0.05, 0.1) is 0 Å². The van der Waals surface area contributed by atoms with Crippen molar-refractivity contribution in [3.05, 3.63) is 59.7 Å². The number of phosphoric ester groups is 1. The van der Waals surface area contributed by atoms with Crippen LogP contribution in [0.4, 0.5) is 0 Å². The van der Waals surface area contributed by atoms with Gasteiger partial charge in [-0.3, -0.25) is 4.89 Å². The lowest BCUT2D eigenvalue weighted by Crippen LogP contribution is -1.95. The zero-order chi connectivity index (χ0) is 17.8. The molecule has 0 fully saturated rings. The molecule has 0 bridgehead atoms. The molecule has 0 aromatic heterocycles. The highest BCUT2D eigenvalue weighted by atomic mass is 31.3. The topological polar surface area (TPSA) is 134 Å². The number of hydrogen-bond donors (Lipinski definition) is 4. The SMILES string of the molecule is O=P(O)(O)OP(=O)(O)Oc1ccc(C=Cc2ccc(O)cc2)cc1. The molecule has 0 amide bonds. The van der Waals surface area contributed by atoms with Crippen LogP contribution < -0.4 is 4.52 Å². The Kier molecular flexibility index (Phi) is 5.62. The second-order valence-corrected chi connectivity index (χ2v) is 7.38. The number of phenolic OH excluding ortho intramolecular Hbond substituents is 1. The average molecular weight is 372 g/mol. The van der Waals surface area contributed by atoms with Crippen LogP contribution in [0.2, 0.25) is 0 Å². The molecule has 128 valence electrons. The molecule has 1 atom stereocenters. The summed E-state index contributed by atoms with van der Waals surface area (Å²) in [5, 5.41) is 9.20. The van der Waals surface area contributed by atoms with Crippen LogP contribution in [0, 0.1) is 0 Å². The van der Waals surface area contributed by atoms with Crippen LogP contribution >= 0.6 is 15.6 Å². The van der Waals surface area contributed by atoms with Gasteiger partial charge in [0, 0.05) is 0 Å². The normalized spacial score (nSPS) is 14.5. The molecule has 8 nitrogen and oxygen atoms in total. The maximum absolute atomic E-state index is 11.4. The van der Waals surface area contributed by atoms with E-state index in [-0.39, 0.29) is 11.5 Å². The minimum Gasteiger partial charge on any atom is -0.508 e. The number of hydrogen-bond acceptors (Lipinski definition) is 5. The number of benzene rings is 2. The van der Waals surface area contributed by atoms with Crippen molar-refractivity contribution in [2.45, 2.75) is 0 Å². The fourth-order valence-electron chi connectivity index (χ4n) is 1.70. The maximum Gasteiger partial charge on any atom is 0.536 e. The summed E-state index contributed by atoms with van der Waals surface area (Å²) < 4.78 is 30.2. The van der Waals surface area contributed by atoms with Gasteiger partial charge in [-0.05, 0) is 35.4 Å². The van der Waals surface area contributed by atoms with E-state index >= 15 is 0 Å². The second-order valence-electron chi connectivity index (χ2n) is 4.63. The van der Waals surface area contributed by atoms with Crippen molar-refractivity contribution >= 4 is 27.8 Å². The smallest absolute Gasteiger partial charge is 0.508 e. The summed E-state index contributed by atoms with van der Waals surface area (Å²) >= 11 is 0. The molecular weight excluding hydrogens is 358 g/mol. The Morgan fingerprint density at radius 2 is 1.25 bits per heavy atom. The highest BCUT2D eigenvalue weighted by Gasteiger charge is 2.33. The third kappa shape index (κ3) is 6.29. The van der Waals surface area contributed by atoms with Gasteiger partial charge in [0.15, 0.2) is 0 Å². The van der Waals surface area contributed by atoms with Gasteiger partial charge >= 0.3 is 15.6 Å². The molecule has 24 heavy (non-hydrogen) atoms. The molecule has 1 unspecified atom stereocenters. The molecular formula is C14H14O8P2. The van der Waals surface area contributed by atoms with E-state index in [0.29, 0.717) is 0 Å². The zero-order valence-electron chi connectivity index (χ0n) is 12.1. The fraction of sp³-hybridized carbons (Fsp3) is 0. The molecule has 0 saturated heterocycles. The Balaban J connectivity index is 2.04. The Labute approximate surface area is 137 Å². The Bertz CT molecular complexity index is 808. The molecule has 4 N–H and O–H groups in total. The summed E-state index contributed by atoms with van der Waals surface area (Å²) in [5.74, 6) is 0.0793. The molecule has 2 aromatic rings. The highest BCUT2D eigenvalue weighted by Crippen LogP contribution is 2.57. The molecule has 0 aliphatic rings. The van der Waals surface area contributed by atoms with E-state index in [1.807, 2.05) is 0 Å². The Morgan fingerprint density at radius 3 is 1.71 bits per heavy atom. The third-order valence-corrected chi connectivity index (χ3v) is 4.79. The molecule has 2 aromatic carbocycles. The minimum absolute atomic E-state index is 0.0870. The van der Waals surface area contributed by atoms with Crippen LogP contribution in [-0.2, 0) is 13.4 Å². The van der Waals surface area contributed by atoms with Crippen LogP contribution in [-0.4, -0.2) is 19.8 Å². The number of aromatic hydroxyl groups is 1. The molecule has 2 rings (SSSR count). The summed E-state index contributed by atoms with van der Waals surface area (Å²) in [5.41, 5.74) is 1.61. The van der Waals surface area contributed by atoms with Gasteiger partial charge in [-0.15, -0.1) is 0 Å². The van der Waals surface area contributed by atoms with Crippen molar-refractivity contribution in [2.24, 2.45) is 0 Å². The van der Waals surface area contributed by atoms with E-state index in [9.17, 15) is 19.1 Å². The van der Waals surface area contributed by atoms with Crippen molar-refractivity contribution < 1.29 is 37.8 Å². The van der Waals surface area contributed by atoms with Crippen molar-refractivity contribution in [1.29, 1.82) is 0 Å². The van der Waals surface area contributed by atoms with E-state index in [1.165, 1.54) is 12.1 Å². The minimum atomic E-state index is -5.15. The van der Waals surface area contributed by atoms with E-state index in [4.69, 9.17) is 9.79 Å². The number of rotatable bonds is 6. The zero-order valence-corrected chi connectivity index (χ0v) is 13.9.